The normalized spacial score (nSPS) is 20.9. The van der Waals surface area contributed by atoms with E-state index in [-0.39, 0.29) is 6.61 Å². The second-order valence-electron chi connectivity index (χ2n) is 6.34. The fourth-order valence-electron chi connectivity index (χ4n) is 2.17. The second-order valence-corrected chi connectivity index (χ2v) is 6.34. The molecule has 0 radical (unpaired) electrons. The molecule has 122 valence electrons. The van der Waals surface area contributed by atoms with Crippen LogP contribution in [0.5, 0.6) is 0 Å². The number of carbonyl (C=O) groups is 1. The molecule has 2 heterocycles. The predicted octanol–water partition coefficient (Wildman–Crippen LogP) is 0.543. The minimum absolute atomic E-state index is 0.178. The van der Waals surface area contributed by atoms with Crippen molar-refractivity contribution in [2.45, 2.75) is 44.9 Å². The van der Waals surface area contributed by atoms with Crippen LogP contribution < -0.4 is 5.46 Å². The van der Waals surface area contributed by atoms with E-state index in [1.54, 1.807) is 12.4 Å². The number of nitrogens with zero attached hydrogens (tertiary/aromatic N) is 2. The van der Waals surface area contributed by atoms with E-state index in [0.29, 0.717) is 0 Å². The molecule has 1 fully saturated rings. The number of carbonyl (C=O) groups excluding carboxylic acids is 1. The summed E-state index contributed by atoms with van der Waals surface area (Å²) >= 11 is 0. The summed E-state index contributed by atoms with van der Waals surface area (Å²) in [5.41, 5.74) is -0.0918. The summed E-state index contributed by atoms with van der Waals surface area (Å²) in [6.07, 6.45) is 3.36. The lowest BCUT2D eigenvalue weighted by molar-refractivity contribution is -0.146. The Kier molecular flexibility index (Phi) is 4.65. The van der Waals surface area contributed by atoms with Crippen molar-refractivity contribution in [1.29, 1.82) is 0 Å². The molecule has 0 amide bonds. The first kappa shape index (κ1) is 17.0. The van der Waals surface area contributed by atoms with Gasteiger partial charge in [0.2, 0.25) is 0 Å². The largest absolute Gasteiger partial charge is 0.498 e. The minimum atomic E-state index is -0.633. The summed E-state index contributed by atoms with van der Waals surface area (Å²) in [5, 5.41) is 4.22. The molecule has 0 aromatic carbocycles. The van der Waals surface area contributed by atoms with E-state index in [4.69, 9.17) is 18.8 Å². The van der Waals surface area contributed by atoms with E-state index >= 15 is 0 Å². The average molecular weight is 310 g/mol. The van der Waals surface area contributed by atoms with Crippen LogP contribution in [0.3, 0.4) is 0 Å². The zero-order chi connectivity index (χ0) is 16.5. The highest BCUT2D eigenvalue weighted by Gasteiger charge is 2.52. The van der Waals surface area contributed by atoms with Crippen LogP contribution in [-0.2, 0) is 23.6 Å². The SMILES string of the molecule is COCC(C(=O)OC)n1cc(B2OC(C)(C)C(C)(C)O2)cn1. The highest BCUT2D eigenvalue weighted by Crippen LogP contribution is 2.36. The van der Waals surface area contributed by atoms with Crippen LogP contribution in [0.1, 0.15) is 33.7 Å². The Morgan fingerprint density at radius 3 is 2.41 bits per heavy atom. The maximum absolute atomic E-state index is 11.8. The van der Waals surface area contributed by atoms with Gasteiger partial charge in [0, 0.05) is 25.0 Å². The van der Waals surface area contributed by atoms with Crippen molar-refractivity contribution >= 4 is 18.6 Å². The molecule has 1 aliphatic rings. The molecule has 0 spiro atoms. The van der Waals surface area contributed by atoms with E-state index in [1.165, 1.54) is 18.9 Å². The molecule has 1 aromatic heterocycles. The van der Waals surface area contributed by atoms with Crippen LogP contribution in [-0.4, -0.2) is 54.9 Å². The molecule has 1 aromatic rings. The van der Waals surface area contributed by atoms with E-state index < -0.39 is 30.3 Å². The Morgan fingerprint density at radius 1 is 1.32 bits per heavy atom. The molecule has 7 nitrogen and oxygen atoms in total. The topological polar surface area (TPSA) is 71.8 Å². The molecule has 0 aliphatic carbocycles. The third-order valence-corrected chi connectivity index (χ3v) is 4.26. The summed E-state index contributed by atoms with van der Waals surface area (Å²) in [4.78, 5) is 11.8. The molecule has 1 aliphatic heterocycles. The molecular weight excluding hydrogens is 287 g/mol. The van der Waals surface area contributed by atoms with Gasteiger partial charge in [-0.05, 0) is 27.7 Å². The van der Waals surface area contributed by atoms with Crippen molar-refractivity contribution in [3.05, 3.63) is 12.4 Å². The van der Waals surface area contributed by atoms with Crippen molar-refractivity contribution in [2.75, 3.05) is 20.8 Å². The van der Waals surface area contributed by atoms with Crippen LogP contribution >= 0.6 is 0 Å². The maximum atomic E-state index is 11.8. The third-order valence-electron chi connectivity index (χ3n) is 4.26. The molecule has 0 N–H and O–H groups in total. The Labute approximate surface area is 131 Å². The predicted molar refractivity (Wildman–Crippen MR) is 80.9 cm³/mol. The number of methoxy groups -OCH3 is 2. The van der Waals surface area contributed by atoms with Gasteiger partial charge >= 0.3 is 13.1 Å². The molecule has 22 heavy (non-hydrogen) atoms. The zero-order valence-corrected chi connectivity index (χ0v) is 14.0. The Hall–Kier alpha value is -1.38. The summed E-state index contributed by atoms with van der Waals surface area (Å²) in [6, 6.07) is -0.633. The summed E-state index contributed by atoms with van der Waals surface area (Å²) in [6.45, 7) is 8.12. The van der Waals surface area contributed by atoms with Gasteiger partial charge in [0.1, 0.15) is 0 Å². The Morgan fingerprint density at radius 2 is 1.91 bits per heavy atom. The number of esters is 1. The maximum Gasteiger partial charge on any atom is 0.498 e. The standard InChI is InChI=1S/C14H23BN2O5/c1-13(2)14(3,4)22-15(21-13)10-7-16-17(8-10)11(9-19-5)12(18)20-6/h7-8,11H,9H2,1-6H3. The van der Waals surface area contributed by atoms with Crippen LogP contribution in [0.25, 0.3) is 0 Å². The van der Waals surface area contributed by atoms with Crippen molar-refractivity contribution in [3.63, 3.8) is 0 Å². The van der Waals surface area contributed by atoms with Crippen LogP contribution in [0.2, 0.25) is 0 Å². The lowest BCUT2D eigenvalue weighted by Crippen LogP contribution is -2.41. The van der Waals surface area contributed by atoms with Gasteiger partial charge in [-0.2, -0.15) is 5.10 Å². The van der Waals surface area contributed by atoms with Gasteiger partial charge in [-0.15, -0.1) is 0 Å². The molecule has 0 bridgehead atoms. The van der Waals surface area contributed by atoms with Gasteiger partial charge in [0.25, 0.3) is 0 Å². The molecular formula is C14H23BN2O5. The highest BCUT2D eigenvalue weighted by atomic mass is 16.7. The summed E-state index contributed by atoms with van der Waals surface area (Å²) in [5.74, 6) is -0.412. The molecule has 0 saturated carbocycles. The van der Waals surface area contributed by atoms with Crippen molar-refractivity contribution in [2.24, 2.45) is 0 Å². The molecule has 1 saturated heterocycles. The first-order valence-corrected chi connectivity index (χ1v) is 7.18. The van der Waals surface area contributed by atoms with E-state index in [1.807, 2.05) is 27.7 Å². The van der Waals surface area contributed by atoms with E-state index in [2.05, 4.69) is 5.10 Å². The quantitative estimate of drug-likeness (QED) is 0.584. The van der Waals surface area contributed by atoms with Gasteiger partial charge < -0.3 is 18.8 Å². The lowest BCUT2D eigenvalue weighted by atomic mass is 9.82. The molecule has 1 atom stereocenters. The van der Waals surface area contributed by atoms with Crippen molar-refractivity contribution < 1.29 is 23.6 Å². The first-order chi connectivity index (χ1) is 10.2. The van der Waals surface area contributed by atoms with Crippen LogP contribution in [0.15, 0.2) is 12.4 Å². The van der Waals surface area contributed by atoms with Crippen molar-refractivity contribution in [3.8, 4) is 0 Å². The fourth-order valence-corrected chi connectivity index (χ4v) is 2.17. The zero-order valence-electron chi connectivity index (χ0n) is 14.0. The minimum Gasteiger partial charge on any atom is -0.467 e. The van der Waals surface area contributed by atoms with E-state index in [0.717, 1.165) is 5.46 Å². The number of hydrogen-bond acceptors (Lipinski definition) is 6. The van der Waals surface area contributed by atoms with Gasteiger partial charge in [0.05, 0.1) is 24.9 Å². The molecule has 8 heteroatoms. The summed E-state index contributed by atoms with van der Waals surface area (Å²) in [7, 11) is 2.35. The monoisotopic (exact) mass is 310 g/mol. The number of ether oxygens (including phenoxy) is 2. The third kappa shape index (κ3) is 3.04. The summed E-state index contributed by atoms with van der Waals surface area (Å²) < 4.78 is 23.3. The fraction of sp³-hybridized carbons (Fsp3) is 0.714. The van der Waals surface area contributed by atoms with Crippen molar-refractivity contribution in [1.82, 2.24) is 9.78 Å². The molecule has 1 unspecified atom stereocenters. The van der Waals surface area contributed by atoms with Gasteiger partial charge in [0.15, 0.2) is 6.04 Å². The Balaban J connectivity index is 2.20. The van der Waals surface area contributed by atoms with Gasteiger partial charge in [-0.1, -0.05) is 0 Å². The Bertz CT molecular complexity index is 527. The number of rotatable bonds is 5. The van der Waals surface area contributed by atoms with Crippen LogP contribution in [0, 0.1) is 0 Å². The smallest absolute Gasteiger partial charge is 0.467 e. The number of aromatic nitrogens is 2. The van der Waals surface area contributed by atoms with Crippen LogP contribution in [0.4, 0.5) is 0 Å². The molecule has 2 rings (SSSR count). The van der Waals surface area contributed by atoms with Gasteiger partial charge in [-0.25, -0.2) is 4.79 Å². The van der Waals surface area contributed by atoms with E-state index in [9.17, 15) is 4.79 Å². The average Bonchev–Trinajstić information content (AvgIpc) is 2.99. The number of hydrogen-bond donors (Lipinski definition) is 0. The van der Waals surface area contributed by atoms with Gasteiger partial charge in [-0.3, -0.25) is 4.68 Å². The lowest BCUT2D eigenvalue weighted by Gasteiger charge is -2.32. The highest BCUT2D eigenvalue weighted by molar-refractivity contribution is 6.62. The second kappa shape index (κ2) is 6.02. The first-order valence-electron chi connectivity index (χ1n) is 7.18.